The van der Waals surface area contributed by atoms with Crippen LogP contribution in [0.25, 0.3) is 55.4 Å². The molecular formula is C68H84FN13O8. The maximum atomic E-state index is 16.7. The number of aromatic amines is 1. The molecular weight excluding hydrogens is 1150 g/mol. The number of carbonyl (C=O) groups excluding carboxylic acids is 6. The van der Waals surface area contributed by atoms with Crippen LogP contribution in [-0.2, 0) is 37.4 Å². The highest BCUT2D eigenvalue weighted by Crippen LogP contribution is 2.44. The molecule has 3 saturated carbocycles. The van der Waals surface area contributed by atoms with Crippen molar-refractivity contribution in [2.45, 2.75) is 172 Å². The first-order valence-electron chi connectivity index (χ1n) is 32.5. The summed E-state index contributed by atoms with van der Waals surface area (Å²) < 4.78 is 26.9. The number of hydrogen-bond acceptors (Lipinski definition) is 11. The summed E-state index contributed by atoms with van der Waals surface area (Å²) in [6.45, 7) is 6.29. The van der Waals surface area contributed by atoms with Gasteiger partial charge in [0.15, 0.2) is 0 Å². The zero-order chi connectivity index (χ0) is 63.1. The monoisotopic (exact) mass is 1230 g/mol. The van der Waals surface area contributed by atoms with Gasteiger partial charge >= 0.3 is 11.8 Å². The predicted octanol–water partition coefficient (Wildman–Crippen LogP) is 8.56. The van der Waals surface area contributed by atoms with E-state index in [4.69, 9.17) is 9.72 Å². The lowest BCUT2D eigenvalue weighted by Crippen LogP contribution is -2.58. The Balaban J connectivity index is 0.734. The molecule has 22 heteroatoms. The lowest BCUT2D eigenvalue weighted by atomic mass is 9.81. The number of nitrogens with zero attached hydrogens (tertiary/aromatic N) is 6. The minimum absolute atomic E-state index is 0.0355. The molecule has 1 aliphatic heterocycles. The van der Waals surface area contributed by atoms with Crippen molar-refractivity contribution in [2.24, 2.45) is 24.8 Å². The number of alkyl carbamates (subject to hydrolysis) is 1. The van der Waals surface area contributed by atoms with Gasteiger partial charge in [-0.15, -0.1) is 0 Å². The Morgan fingerprint density at radius 3 is 2.33 bits per heavy atom. The molecule has 12 rings (SSSR count). The molecule has 1 saturated heterocycles. The van der Waals surface area contributed by atoms with E-state index >= 15 is 4.39 Å². The fourth-order valence-electron chi connectivity index (χ4n) is 15.2. The number of aromatic nitrogens is 6. The van der Waals surface area contributed by atoms with Gasteiger partial charge in [0.2, 0.25) is 23.6 Å². The summed E-state index contributed by atoms with van der Waals surface area (Å²) >= 11 is 0. The molecule has 5 aliphatic rings. The van der Waals surface area contributed by atoms with Crippen molar-refractivity contribution >= 4 is 68.6 Å². The molecule has 90 heavy (non-hydrogen) atoms. The molecule has 0 spiro atoms. The van der Waals surface area contributed by atoms with Crippen LogP contribution >= 0.6 is 0 Å². The second-order valence-electron chi connectivity index (χ2n) is 26.2. The third-order valence-electron chi connectivity index (χ3n) is 20.2. The second kappa shape index (κ2) is 26.2. The van der Waals surface area contributed by atoms with E-state index in [0.717, 1.165) is 73.4 Å². The molecule has 3 aromatic carbocycles. The first-order valence-corrected chi connectivity index (χ1v) is 32.5. The molecule has 7 atom stereocenters. The summed E-state index contributed by atoms with van der Waals surface area (Å²) in [5, 5.41) is 24.7. The third-order valence-corrected chi connectivity index (χ3v) is 20.2. The molecule has 21 nitrogen and oxygen atoms in total. The number of likely N-dealkylation sites (tertiary alicyclic amines) is 1. The van der Waals surface area contributed by atoms with Gasteiger partial charge < -0.3 is 46.5 Å². The average molecular weight is 1230 g/mol. The van der Waals surface area contributed by atoms with Crippen LogP contribution in [0.5, 0.6) is 0 Å². The first-order chi connectivity index (χ1) is 43.5. The number of nitrogens with one attached hydrogen (secondary N) is 7. The molecule has 0 bridgehead atoms. The molecule has 4 fully saturated rings. The van der Waals surface area contributed by atoms with Crippen LogP contribution < -0.4 is 37.6 Å². The highest BCUT2D eigenvalue weighted by molar-refractivity contribution is 6.15. The Hall–Kier alpha value is -8.40. The van der Waals surface area contributed by atoms with Crippen LogP contribution in [-0.4, -0.2) is 127 Å². The molecule has 4 aliphatic carbocycles. The molecule has 0 radical (unpaired) electrons. The SMILES string of the molecule is CN[C@@H](C)C(=O)N[C@H](C(=O)N1C[C@@H](NC(=O)[C@H]2CC[C@H](CNC(=O)c3ccc(-c4[nH]c5ncc6c(c5c4-c4ccc5c(cnn5C(C)C)c4)n([C@@H]4CC[C@@H](NC(=O)OC)C4)c(=O)n6C)cc3F)CC2)C[C@H]1C(=O)N[C@@H]1CCCc2ccccc21)C1CCCCC1. The van der Waals surface area contributed by atoms with Gasteiger partial charge in [-0.1, -0.05) is 55.7 Å². The fourth-order valence-corrected chi connectivity index (χ4v) is 15.2. The maximum Gasteiger partial charge on any atom is 0.407 e. The average Bonchev–Trinajstić information content (AvgIpc) is 1.56. The Bertz CT molecular complexity index is 3950. The topological polar surface area (TPSA) is 260 Å². The van der Waals surface area contributed by atoms with Gasteiger partial charge in [-0.25, -0.2) is 19.0 Å². The Morgan fingerprint density at radius 1 is 0.800 bits per heavy atom. The van der Waals surface area contributed by atoms with E-state index < -0.39 is 42.0 Å². The molecule has 6 amide bonds. The Labute approximate surface area is 522 Å². The quantitative estimate of drug-likeness (QED) is 0.0454. The smallest absolute Gasteiger partial charge is 0.407 e. The number of methoxy groups -OCH3 is 1. The van der Waals surface area contributed by atoms with Gasteiger partial charge in [-0.2, -0.15) is 5.10 Å². The van der Waals surface area contributed by atoms with Crippen molar-refractivity contribution < 1.29 is 37.9 Å². The van der Waals surface area contributed by atoms with E-state index in [1.165, 1.54) is 24.8 Å². The number of fused-ring (bicyclic) bond motifs is 5. The summed E-state index contributed by atoms with van der Waals surface area (Å²) in [5.74, 6) is -2.65. The highest BCUT2D eigenvalue weighted by atomic mass is 19.1. The molecule has 0 unspecified atom stereocenters. The molecule has 5 heterocycles. The minimum Gasteiger partial charge on any atom is -0.453 e. The van der Waals surface area contributed by atoms with Gasteiger partial charge in [0.1, 0.15) is 23.5 Å². The zero-order valence-corrected chi connectivity index (χ0v) is 52.3. The Morgan fingerprint density at radius 2 is 1.58 bits per heavy atom. The predicted molar refractivity (Wildman–Crippen MR) is 341 cm³/mol. The van der Waals surface area contributed by atoms with Crippen LogP contribution in [0.2, 0.25) is 0 Å². The number of benzene rings is 3. The lowest BCUT2D eigenvalue weighted by Gasteiger charge is -2.35. The minimum atomic E-state index is -0.855. The first kappa shape index (κ1) is 61.8. The number of rotatable bonds is 17. The summed E-state index contributed by atoms with van der Waals surface area (Å²) in [5.41, 5.74) is 7.09. The van der Waals surface area contributed by atoms with Gasteiger partial charge in [0, 0.05) is 66.7 Å². The molecule has 7 aromatic rings. The zero-order valence-electron chi connectivity index (χ0n) is 52.3. The Kier molecular flexibility index (Phi) is 18.0. The fraction of sp³-hybridized carbons (Fsp3) is 0.515. The van der Waals surface area contributed by atoms with Crippen LogP contribution in [0.4, 0.5) is 9.18 Å². The number of aryl methyl sites for hydroxylation is 2. The largest absolute Gasteiger partial charge is 0.453 e. The third kappa shape index (κ3) is 12.2. The molecule has 476 valence electrons. The summed E-state index contributed by atoms with van der Waals surface area (Å²) in [6.07, 6.45) is 14.5. The number of H-pyrrole nitrogens is 1. The van der Waals surface area contributed by atoms with Crippen molar-refractivity contribution in [1.29, 1.82) is 0 Å². The summed E-state index contributed by atoms with van der Waals surface area (Å²) in [6, 6.07) is 15.5. The number of likely N-dealkylation sites (N-methyl/N-ethyl adjacent to an activating group) is 1. The van der Waals surface area contributed by atoms with Crippen LogP contribution in [0.3, 0.4) is 0 Å². The van der Waals surface area contributed by atoms with Crippen molar-refractivity contribution in [2.75, 3.05) is 27.2 Å². The number of imidazole rings is 1. The van der Waals surface area contributed by atoms with Gasteiger partial charge in [-0.3, -0.25) is 37.8 Å². The van der Waals surface area contributed by atoms with E-state index in [-0.39, 0.29) is 96.3 Å². The number of amides is 6. The summed E-state index contributed by atoms with van der Waals surface area (Å²) in [4.78, 5) is 108. The van der Waals surface area contributed by atoms with Gasteiger partial charge in [-0.05, 0) is 164 Å². The standard InChI is InChI=1S/C68H84FN13O8/c1-37(2)82-53-28-24-43(29-45(53)34-73-82)56-57-60-55(79(5)68(89)81(60)48-26-25-46(31-48)75-67(88)90-6)35-71-61(57)77-58(56)44-23-27-50(51(69)30-44)64(85)72-33-39-19-21-42(22-20-39)63(84)74-47-32-54(65(86)76-52-18-12-16-40-13-10-11-17-49(40)52)80(36-47)66(87)59(41-14-8-7-9-15-41)78-62(83)38(3)70-4/h10-11,13,17,23-24,27-30,34-35,37-39,41-42,46-48,52,54,59,70H,7-9,12,14-16,18-22,25-26,31-33,36H2,1-6H3,(H,71,77)(H,72,85)(H,74,84)(H,75,88)(H,76,86)(H,78,83)/t38-,39-,42-,46+,47-,48+,52+,54-,59-/m0/s1. The van der Waals surface area contributed by atoms with Crippen LogP contribution in [0.1, 0.15) is 157 Å². The number of pyridine rings is 1. The van der Waals surface area contributed by atoms with Crippen LogP contribution in [0, 0.1) is 23.6 Å². The van der Waals surface area contributed by atoms with E-state index in [9.17, 15) is 33.6 Å². The van der Waals surface area contributed by atoms with E-state index in [1.807, 2.05) is 41.2 Å². The number of halogens is 1. The van der Waals surface area contributed by atoms with Crippen molar-refractivity contribution in [3.05, 3.63) is 106 Å². The molecule has 7 N–H and O–H groups in total. The number of carbonyl (C=O) groups is 6. The van der Waals surface area contributed by atoms with Gasteiger partial charge in [0.25, 0.3) is 5.91 Å². The van der Waals surface area contributed by atoms with Crippen molar-refractivity contribution in [3.8, 4) is 22.4 Å². The number of ether oxygens (including phenoxy) is 1. The van der Waals surface area contributed by atoms with Crippen LogP contribution in [0.15, 0.2) is 77.9 Å². The van der Waals surface area contributed by atoms with E-state index in [0.29, 0.717) is 83.8 Å². The summed E-state index contributed by atoms with van der Waals surface area (Å²) in [7, 11) is 4.74. The van der Waals surface area contributed by atoms with E-state index in [1.54, 1.807) is 47.3 Å². The normalized spacial score (nSPS) is 22.8. The number of hydrogen-bond donors (Lipinski definition) is 7. The van der Waals surface area contributed by atoms with Gasteiger partial charge in [0.05, 0.1) is 64.8 Å². The molecule has 4 aromatic heterocycles. The second-order valence-corrected chi connectivity index (χ2v) is 26.2. The highest BCUT2D eigenvalue weighted by Gasteiger charge is 2.46. The van der Waals surface area contributed by atoms with Crippen molar-refractivity contribution in [1.82, 2.24) is 65.7 Å². The maximum absolute atomic E-state index is 16.7. The van der Waals surface area contributed by atoms with E-state index in [2.05, 4.69) is 68.0 Å². The lowest BCUT2D eigenvalue weighted by molar-refractivity contribution is -0.143. The van der Waals surface area contributed by atoms with Crippen molar-refractivity contribution in [3.63, 3.8) is 0 Å².